The Hall–Kier alpha value is -3.31. The molecule has 0 amide bonds. The van der Waals surface area contributed by atoms with Crippen molar-refractivity contribution in [2.45, 2.75) is 13.5 Å². The molecule has 2 N–H and O–H groups in total. The largest absolute Gasteiger partial charge is 0.365 e. The fourth-order valence-electron chi connectivity index (χ4n) is 3.48. The van der Waals surface area contributed by atoms with Gasteiger partial charge in [-0.1, -0.05) is 35.9 Å². The number of aryl methyl sites for hydroxylation is 1. The molecule has 5 aromatic rings. The van der Waals surface area contributed by atoms with E-state index in [1.165, 1.54) is 0 Å². The van der Waals surface area contributed by atoms with E-state index in [4.69, 9.17) is 16.6 Å². The second-order valence-electron chi connectivity index (χ2n) is 6.80. The molecule has 138 valence electrons. The number of aromatic amines is 1. The van der Waals surface area contributed by atoms with Crippen LogP contribution in [-0.4, -0.2) is 19.6 Å². The molecule has 0 radical (unpaired) electrons. The van der Waals surface area contributed by atoms with Crippen molar-refractivity contribution in [3.63, 3.8) is 0 Å². The molecule has 0 unspecified atom stereocenters. The lowest BCUT2D eigenvalue weighted by molar-refractivity contribution is 1.07. The number of hydrogen-bond acceptors (Lipinski definition) is 3. The quantitative estimate of drug-likeness (QED) is 0.431. The Morgan fingerprint density at radius 2 is 2.00 bits per heavy atom. The van der Waals surface area contributed by atoms with Gasteiger partial charge in [0.15, 0.2) is 0 Å². The summed E-state index contributed by atoms with van der Waals surface area (Å²) in [6.07, 6.45) is 2.02. The Morgan fingerprint density at radius 1 is 1.07 bits per heavy atom. The Balaban J connectivity index is 1.61. The highest BCUT2D eigenvalue weighted by Crippen LogP contribution is 2.31. The van der Waals surface area contributed by atoms with Crippen molar-refractivity contribution >= 4 is 34.0 Å². The van der Waals surface area contributed by atoms with E-state index >= 15 is 0 Å². The number of imidazole rings is 1. The average Bonchev–Trinajstić information content (AvgIpc) is 3.27. The zero-order valence-electron chi connectivity index (χ0n) is 15.3. The van der Waals surface area contributed by atoms with E-state index in [0.717, 1.165) is 49.9 Å². The van der Waals surface area contributed by atoms with Gasteiger partial charge in [-0.15, -0.1) is 0 Å². The number of H-pyrrole nitrogens is 1. The van der Waals surface area contributed by atoms with Crippen molar-refractivity contribution in [2.24, 2.45) is 0 Å². The van der Waals surface area contributed by atoms with Crippen LogP contribution >= 0.6 is 11.6 Å². The van der Waals surface area contributed by atoms with Crippen molar-refractivity contribution in [2.75, 3.05) is 5.32 Å². The van der Waals surface area contributed by atoms with Crippen LogP contribution in [0.1, 0.15) is 11.3 Å². The van der Waals surface area contributed by atoms with E-state index in [1.807, 2.05) is 55.6 Å². The first-order chi connectivity index (χ1) is 13.7. The molecule has 3 aromatic heterocycles. The lowest BCUT2D eigenvalue weighted by Gasteiger charge is -2.09. The van der Waals surface area contributed by atoms with Gasteiger partial charge in [0.1, 0.15) is 17.2 Å². The number of aromatic nitrogens is 4. The summed E-state index contributed by atoms with van der Waals surface area (Å²) in [6, 6.07) is 20.1. The minimum atomic E-state index is 0.656. The first-order valence-electron chi connectivity index (χ1n) is 9.09. The molecular weight excluding hydrogens is 370 g/mol. The lowest BCUT2D eigenvalue weighted by atomic mass is 10.1. The van der Waals surface area contributed by atoms with Gasteiger partial charge >= 0.3 is 0 Å². The zero-order chi connectivity index (χ0) is 19.1. The van der Waals surface area contributed by atoms with Gasteiger partial charge in [-0.05, 0) is 48.9 Å². The highest BCUT2D eigenvalue weighted by Gasteiger charge is 2.15. The summed E-state index contributed by atoms with van der Waals surface area (Å²) in [4.78, 5) is 4.88. The topological polar surface area (TPSA) is 58.0 Å². The van der Waals surface area contributed by atoms with E-state index in [2.05, 4.69) is 38.1 Å². The molecule has 5 rings (SSSR count). The van der Waals surface area contributed by atoms with Crippen LogP contribution in [-0.2, 0) is 6.54 Å². The molecule has 0 fully saturated rings. The van der Waals surface area contributed by atoms with Crippen molar-refractivity contribution < 1.29 is 0 Å². The molecule has 0 spiro atoms. The van der Waals surface area contributed by atoms with Crippen LogP contribution in [0.25, 0.3) is 27.8 Å². The van der Waals surface area contributed by atoms with Gasteiger partial charge in [0.05, 0.1) is 5.52 Å². The summed E-state index contributed by atoms with van der Waals surface area (Å²) < 4.78 is 2.08. The molecule has 0 saturated heterocycles. The minimum Gasteiger partial charge on any atom is -0.365 e. The van der Waals surface area contributed by atoms with Gasteiger partial charge < -0.3 is 5.32 Å². The molecule has 0 aliphatic heterocycles. The molecule has 0 saturated carbocycles. The maximum absolute atomic E-state index is 6.13. The van der Waals surface area contributed by atoms with E-state index in [1.54, 1.807) is 0 Å². The summed E-state index contributed by atoms with van der Waals surface area (Å²) in [6.45, 7) is 2.68. The third-order valence-electron chi connectivity index (χ3n) is 4.90. The smallest absolute Gasteiger partial charge is 0.139 e. The van der Waals surface area contributed by atoms with Gasteiger partial charge in [0.25, 0.3) is 0 Å². The highest BCUT2D eigenvalue weighted by atomic mass is 35.5. The molecule has 0 aliphatic carbocycles. The molecule has 2 aromatic carbocycles. The van der Waals surface area contributed by atoms with E-state index < -0.39 is 0 Å². The Bertz CT molecular complexity index is 1300. The predicted octanol–water partition coefficient (Wildman–Crippen LogP) is 5.45. The van der Waals surface area contributed by atoms with Crippen LogP contribution in [0.15, 0.2) is 66.9 Å². The number of halogens is 1. The Kier molecular flexibility index (Phi) is 4.02. The predicted molar refractivity (Wildman–Crippen MR) is 114 cm³/mol. The lowest BCUT2D eigenvalue weighted by Crippen LogP contribution is -2.03. The molecule has 0 aliphatic rings. The molecule has 3 heterocycles. The summed E-state index contributed by atoms with van der Waals surface area (Å²) in [5.41, 5.74) is 5.98. The molecule has 28 heavy (non-hydrogen) atoms. The van der Waals surface area contributed by atoms with E-state index in [-0.39, 0.29) is 0 Å². The SMILES string of the molecule is Cc1[nH]nc2ccc(-c3nc4ccccn4c3NCc3cccc(Cl)c3)cc12. The standard InChI is InChI=1S/C22H18ClN5/c1-14-18-12-16(8-9-19(18)27-26-14)21-22(28-10-3-2-7-20(28)25-21)24-13-15-5-4-6-17(23)11-15/h2-12,24H,13H2,1H3,(H,26,27). The summed E-state index contributed by atoms with van der Waals surface area (Å²) in [5, 5.41) is 12.8. The molecule has 0 bridgehead atoms. The monoisotopic (exact) mass is 387 g/mol. The fraction of sp³-hybridized carbons (Fsp3) is 0.0909. The third kappa shape index (κ3) is 2.90. The van der Waals surface area contributed by atoms with Crippen LogP contribution in [0.5, 0.6) is 0 Å². The maximum atomic E-state index is 6.13. The van der Waals surface area contributed by atoms with Crippen molar-refractivity contribution in [3.8, 4) is 11.3 Å². The second kappa shape index (κ2) is 6.69. The van der Waals surface area contributed by atoms with Gasteiger partial charge in [0, 0.05) is 34.4 Å². The minimum absolute atomic E-state index is 0.656. The van der Waals surface area contributed by atoms with E-state index in [9.17, 15) is 0 Å². The molecule has 0 atom stereocenters. The van der Waals surface area contributed by atoms with Crippen LogP contribution in [0, 0.1) is 6.92 Å². The number of nitrogens with zero attached hydrogens (tertiary/aromatic N) is 3. The molecular formula is C22H18ClN5. The number of hydrogen-bond donors (Lipinski definition) is 2. The first kappa shape index (κ1) is 16.8. The van der Waals surface area contributed by atoms with Gasteiger partial charge in [-0.3, -0.25) is 9.50 Å². The summed E-state index contributed by atoms with van der Waals surface area (Å²) >= 11 is 6.13. The summed E-state index contributed by atoms with van der Waals surface area (Å²) in [5.74, 6) is 0.955. The highest BCUT2D eigenvalue weighted by molar-refractivity contribution is 6.30. The number of rotatable bonds is 4. The van der Waals surface area contributed by atoms with Crippen LogP contribution in [0.3, 0.4) is 0 Å². The average molecular weight is 388 g/mol. The zero-order valence-corrected chi connectivity index (χ0v) is 16.0. The first-order valence-corrected chi connectivity index (χ1v) is 9.47. The van der Waals surface area contributed by atoms with E-state index in [0.29, 0.717) is 6.54 Å². The van der Waals surface area contributed by atoms with Crippen LogP contribution in [0.2, 0.25) is 5.02 Å². The number of anilines is 1. The van der Waals surface area contributed by atoms with Gasteiger partial charge in [-0.25, -0.2) is 4.98 Å². The Labute approximate surface area is 167 Å². The Morgan fingerprint density at radius 3 is 2.89 bits per heavy atom. The van der Waals surface area contributed by atoms with Crippen molar-refractivity contribution in [3.05, 3.63) is 83.1 Å². The fourth-order valence-corrected chi connectivity index (χ4v) is 3.70. The summed E-state index contributed by atoms with van der Waals surface area (Å²) in [7, 11) is 0. The third-order valence-corrected chi connectivity index (χ3v) is 5.13. The second-order valence-corrected chi connectivity index (χ2v) is 7.24. The van der Waals surface area contributed by atoms with Crippen molar-refractivity contribution in [1.82, 2.24) is 19.6 Å². The number of nitrogens with one attached hydrogen (secondary N) is 2. The number of fused-ring (bicyclic) bond motifs is 2. The maximum Gasteiger partial charge on any atom is 0.139 e. The van der Waals surface area contributed by atoms with Gasteiger partial charge in [0.2, 0.25) is 0 Å². The number of pyridine rings is 1. The van der Waals surface area contributed by atoms with Crippen molar-refractivity contribution in [1.29, 1.82) is 0 Å². The molecule has 6 heteroatoms. The molecule has 5 nitrogen and oxygen atoms in total. The number of benzene rings is 2. The van der Waals surface area contributed by atoms with Crippen LogP contribution in [0.4, 0.5) is 5.82 Å². The van der Waals surface area contributed by atoms with Crippen LogP contribution < -0.4 is 5.32 Å². The van der Waals surface area contributed by atoms with Gasteiger partial charge in [-0.2, -0.15) is 5.10 Å². The normalized spacial score (nSPS) is 11.4.